The van der Waals surface area contributed by atoms with E-state index in [-0.39, 0.29) is 0 Å². The zero-order valence-corrected chi connectivity index (χ0v) is 27.3. The number of fused-ring (bicyclic) bond motifs is 7. The molecular weight excluding hydrogens is 615 g/mol. The number of furan rings is 1. The first-order valence-electron chi connectivity index (χ1n) is 16.6. The second-order valence-electron chi connectivity index (χ2n) is 12.5. The molecule has 0 atom stereocenters. The lowest BCUT2D eigenvalue weighted by Crippen LogP contribution is -2.11. The lowest BCUT2D eigenvalue weighted by Gasteiger charge is -2.28. The molecule has 10 rings (SSSR count). The van der Waals surface area contributed by atoms with Crippen LogP contribution in [-0.4, -0.2) is 0 Å². The van der Waals surface area contributed by atoms with E-state index in [1.54, 1.807) is 0 Å². The first-order chi connectivity index (χ1) is 24.3. The second kappa shape index (κ2) is 11.2. The van der Waals surface area contributed by atoms with Crippen molar-refractivity contribution in [2.45, 2.75) is 0 Å². The molecule has 0 aliphatic carbocycles. The van der Waals surface area contributed by atoms with Crippen molar-refractivity contribution >= 4 is 81.3 Å². The average molecular weight is 644 g/mol. The lowest BCUT2D eigenvalue weighted by atomic mass is 9.97. The highest BCUT2D eigenvalue weighted by Gasteiger charge is 2.22. The van der Waals surface area contributed by atoms with Crippen molar-refractivity contribution in [1.82, 2.24) is 0 Å². The summed E-state index contributed by atoms with van der Waals surface area (Å²) in [5.41, 5.74) is 9.81. The van der Waals surface area contributed by atoms with Crippen LogP contribution in [0.25, 0.3) is 75.1 Å². The molecule has 0 fully saturated rings. The number of hydrogen-bond acceptors (Lipinski definition) is 3. The molecule has 0 bridgehead atoms. The van der Waals surface area contributed by atoms with Gasteiger partial charge in [0.1, 0.15) is 11.2 Å². The molecule has 0 aliphatic heterocycles. The molecule has 0 amide bonds. The number of nitrogens with zero attached hydrogens (tertiary/aromatic N) is 1. The first-order valence-corrected chi connectivity index (χ1v) is 17.4. The summed E-state index contributed by atoms with van der Waals surface area (Å²) in [4.78, 5) is 2.41. The third kappa shape index (κ3) is 4.55. The molecule has 0 saturated carbocycles. The quantitative estimate of drug-likeness (QED) is 0.186. The molecule has 0 saturated heterocycles. The van der Waals surface area contributed by atoms with E-state index in [1.807, 2.05) is 17.4 Å². The first kappa shape index (κ1) is 27.9. The van der Waals surface area contributed by atoms with E-state index >= 15 is 0 Å². The van der Waals surface area contributed by atoms with E-state index in [0.717, 1.165) is 39.0 Å². The van der Waals surface area contributed by atoms with Gasteiger partial charge in [0.05, 0.1) is 16.8 Å². The van der Waals surface area contributed by atoms with Crippen molar-refractivity contribution in [3.63, 3.8) is 0 Å². The summed E-state index contributed by atoms with van der Waals surface area (Å²) in [5, 5.41) is 7.30. The van der Waals surface area contributed by atoms with Crippen molar-refractivity contribution in [3.8, 4) is 22.3 Å². The van der Waals surface area contributed by atoms with E-state index in [2.05, 4.69) is 175 Å². The van der Waals surface area contributed by atoms with Gasteiger partial charge in [0, 0.05) is 36.8 Å². The Bertz CT molecular complexity index is 2840. The molecule has 2 nitrogen and oxygen atoms in total. The molecule has 2 heterocycles. The Balaban J connectivity index is 1.20. The fraction of sp³-hybridized carbons (Fsp3) is 0. The Morgan fingerprint density at radius 1 is 0.408 bits per heavy atom. The Kier molecular flexibility index (Phi) is 6.39. The topological polar surface area (TPSA) is 16.4 Å². The minimum Gasteiger partial charge on any atom is -0.456 e. The molecule has 2 aromatic heterocycles. The van der Waals surface area contributed by atoms with Crippen LogP contribution in [0.15, 0.2) is 180 Å². The third-order valence-electron chi connectivity index (χ3n) is 9.68. The maximum Gasteiger partial charge on any atom is 0.137 e. The number of hydrogen-bond donors (Lipinski definition) is 0. The summed E-state index contributed by atoms with van der Waals surface area (Å²) in [5.74, 6) is 0. The highest BCUT2D eigenvalue weighted by Crippen LogP contribution is 2.47. The molecule has 0 radical (unpaired) electrons. The maximum absolute atomic E-state index is 6.40. The van der Waals surface area contributed by atoms with E-state index in [1.165, 1.54) is 53.2 Å². The van der Waals surface area contributed by atoms with Gasteiger partial charge in [-0.05, 0) is 82.1 Å². The normalized spacial score (nSPS) is 11.7. The summed E-state index contributed by atoms with van der Waals surface area (Å²) < 4.78 is 9.02. The lowest BCUT2D eigenvalue weighted by molar-refractivity contribution is 0.669. The molecule has 10 aromatic rings. The Hall–Kier alpha value is -6.16. The van der Waals surface area contributed by atoms with Crippen LogP contribution >= 0.6 is 11.3 Å². The highest BCUT2D eigenvalue weighted by molar-refractivity contribution is 7.25. The summed E-state index contributed by atoms with van der Waals surface area (Å²) in [6, 6.07) is 63.3. The van der Waals surface area contributed by atoms with Gasteiger partial charge in [0.15, 0.2) is 0 Å². The SMILES string of the molecule is c1ccc(N(c2ccc(-c3cccc4ccccc34)cc2)c2cccc3oc4ccccc4c23)c(-c2ccc3sc4ccccc4c3c2)c1. The maximum atomic E-state index is 6.40. The monoisotopic (exact) mass is 643 g/mol. The third-order valence-corrected chi connectivity index (χ3v) is 10.8. The zero-order chi connectivity index (χ0) is 32.3. The van der Waals surface area contributed by atoms with Crippen LogP contribution in [0, 0.1) is 0 Å². The van der Waals surface area contributed by atoms with Crippen molar-refractivity contribution in [2.24, 2.45) is 0 Å². The molecular formula is C46H29NOS. The van der Waals surface area contributed by atoms with Gasteiger partial charge in [-0.15, -0.1) is 11.3 Å². The molecule has 0 aliphatic rings. The fourth-order valence-corrected chi connectivity index (χ4v) is 8.51. The van der Waals surface area contributed by atoms with E-state index < -0.39 is 0 Å². The molecule has 0 N–H and O–H groups in total. The summed E-state index contributed by atoms with van der Waals surface area (Å²) >= 11 is 1.85. The molecule has 0 unspecified atom stereocenters. The van der Waals surface area contributed by atoms with Crippen LogP contribution in [0.2, 0.25) is 0 Å². The zero-order valence-electron chi connectivity index (χ0n) is 26.5. The van der Waals surface area contributed by atoms with Crippen LogP contribution < -0.4 is 4.90 Å². The van der Waals surface area contributed by atoms with E-state index in [9.17, 15) is 0 Å². The Labute approximate surface area is 287 Å². The largest absolute Gasteiger partial charge is 0.456 e. The van der Waals surface area contributed by atoms with Crippen LogP contribution in [0.4, 0.5) is 17.1 Å². The second-order valence-corrected chi connectivity index (χ2v) is 13.6. The van der Waals surface area contributed by atoms with Crippen LogP contribution in [-0.2, 0) is 0 Å². The average Bonchev–Trinajstić information content (AvgIpc) is 3.74. The highest BCUT2D eigenvalue weighted by atomic mass is 32.1. The van der Waals surface area contributed by atoms with E-state index in [4.69, 9.17) is 4.42 Å². The van der Waals surface area contributed by atoms with Gasteiger partial charge < -0.3 is 9.32 Å². The fourth-order valence-electron chi connectivity index (χ4n) is 7.42. The minimum atomic E-state index is 0.875. The van der Waals surface area contributed by atoms with Gasteiger partial charge in [-0.3, -0.25) is 0 Å². The van der Waals surface area contributed by atoms with Gasteiger partial charge in [-0.1, -0.05) is 121 Å². The minimum absolute atomic E-state index is 0.875. The molecule has 0 spiro atoms. The smallest absolute Gasteiger partial charge is 0.137 e. The molecule has 8 aromatic carbocycles. The van der Waals surface area contributed by atoms with E-state index in [0.29, 0.717) is 0 Å². The molecule has 230 valence electrons. The van der Waals surface area contributed by atoms with Gasteiger partial charge in [-0.25, -0.2) is 0 Å². The van der Waals surface area contributed by atoms with Crippen molar-refractivity contribution in [2.75, 3.05) is 4.90 Å². The summed E-state index contributed by atoms with van der Waals surface area (Å²) in [7, 11) is 0. The Morgan fingerprint density at radius 3 is 1.96 bits per heavy atom. The predicted octanol–water partition coefficient (Wildman–Crippen LogP) is 13.9. The summed E-state index contributed by atoms with van der Waals surface area (Å²) in [6.45, 7) is 0. The van der Waals surface area contributed by atoms with Gasteiger partial charge in [-0.2, -0.15) is 0 Å². The standard InChI is InChI=1S/C46H29NOS/c1-2-13-34-30(11-1)12-9-17-35(34)31-23-26-33(27-24-31)47(41-19-10-21-43-46(41)38-16-4-7-20-42(38)48-43)40-18-6-3-14-36(40)32-25-28-45-39(29-32)37-15-5-8-22-44(37)49-45/h1-29H. The van der Waals surface area contributed by atoms with Crippen LogP contribution in [0.1, 0.15) is 0 Å². The number of thiophene rings is 1. The summed E-state index contributed by atoms with van der Waals surface area (Å²) in [6.07, 6.45) is 0. The number of para-hydroxylation sites is 2. The Morgan fingerprint density at radius 2 is 1.04 bits per heavy atom. The van der Waals surface area contributed by atoms with Gasteiger partial charge in [0.2, 0.25) is 0 Å². The predicted molar refractivity (Wildman–Crippen MR) is 210 cm³/mol. The van der Waals surface area contributed by atoms with Crippen molar-refractivity contribution in [3.05, 3.63) is 176 Å². The van der Waals surface area contributed by atoms with Crippen LogP contribution in [0.5, 0.6) is 0 Å². The number of rotatable bonds is 5. The number of anilines is 3. The van der Waals surface area contributed by atoms with Gasteiger partial charge in [0.25, 0.3) is 0 Å². The number of benzene rings is 8. The van der Waals surface area contributed by atoms with Crippen LogP contribution in [0.3, 0.4) is 0 Å². The molecule has 3 heteroatoms. The van der Waals surface area contributed by atoms with Crippen molar-refractivity contribution in [1.29, 1.82) is 0 Å². The van der Waals surface area contributed by atoms with Gasteiger partial charge >= 0.3 is 0 Å². The molecule has 49 heavy (non-hydrogen) atoms. The van der Waals surface area contributed by atoms with Crippen molar-refractivity contribution < 1.29 is 4.42 Å².